The lowest BCUT2D eigenvalue weighted by Crippen LogP contribution is -2.41. The Morgan fingerprint density at radius 2 is 1.67 bits per heavy atom. The SMILES string of the molecule is O=CCCCCCCNc1cccc2c1C(=O)N(C(C=O)CCC=O)C2=O. The van der Waals surface area contributed by atoms with Gasteiger partial charge in [-0.15, -0.1) is 0 Å². The predicted molar refractivity (Wildman–Crippen MR) is 99.7 cm³/mol. The molecule has 27 heavy (non-hydrogen) atoms. The molecule has 1 aromatic rings. The van der Waals surface area contributed by atoms with Gasteiger partial charge in [0.05, 0.1) is 17.2 Å². The zero-order valence-electron chi connectivity index (χ0n) is 15.2. The molecule has 1 aliphatic heterocycles. The van der Waals surface area contributed by atoms with Crippen molar-refractivity contribution >= 4 is 36.4 Å². The summed E-state index contributed by atoms with van der Waals surface area (Å²) in [5.74, 6) is -1.01. The van der Waals surface area contributed by atoms with Crippen LogP contribution in [0.5, 0.6) is 0 Å². The number of hydrogen-bond donors (Lipinski definition) is 1. The van der Waals surface area contributed by atoms with E-state index in [2.05, 4.69) is 5.32 Å². The molecule has 1 aromatic carbocycles. The molecule has 0 saturated heterocycles. The number of rotatable bonds is 13. The maximum atomic E-state index is 12.8. The minimum Gasteiger partial charge on any atom is -0.384 e. The second-order valence-electron chi connectivity index (χ2n) is 6.45. The summed E-state index contributed by atoms with van der Waals surface area (Å²) >= 11 is 0. The first-order valence-electron chi connectivity index (χ1n) is 9.23. The van der Waals surface area contributed by atoms with Crippen LogP contribution in [0.4, 0.5) is 5.69 Å². The molecule has 2 rings (SSSR count). The van der Waals surface area contributed by atoms with Crippen molar-refractivity contribution in [2.45, 2.75) is 51.0 Å². The van der Waals surface area contributed by atoms with Crippen LogP contribution in [0.25, 0.3) is 0 Å². The van der Waals surface area contributed by atoms with Gasteiger partial charge in [0, 0.05) is 25.1 Å². The fourth-order valence-electron chi connectivity index (χ4n) is 3.18. The normalized spacial score (nSPS) is 14.0. The van der Waals surface area contributed by atoms with Crippen LogP contribution in [0.3, 0.4) is 0 Å². The summed E-state index contributed by atoms with van der Waals surface area (Å²) in [6.45, 7) is 0.640. The van der Waals surface area contributed by atoms with Gasteiger partial charge in [0.25, 0.3) is 11.8 Å². The van der Waals surface area contributed by atoms with E-state index in [4.69, 9.17) is 0 Å². The quantitative estimate of drug-likeness (QED) is 0.324. The third-order valence-corrected chi connectivity index (χ3v) is 4.58. The van der Waals surface area contributed by atoms with Crippen molar-refractivity contribution < 1.29 is 24.0 Å². The molecule has 0 spiro atoms. The maximum absolute atomic E-state index is 12.8. The van der Waals surface area contributed by atoms with E-state index in [9.17, 15) is 24.0 Å². The van der Waals surface area contributed by atoms with Crippen molar-refractivity contribution in [3.8, 4) is 0 Å². The van der Waals surface area contributed by atoms with Gasteiger partial charge in [0.1, 0.15) is 18.9 Å². The van der Waals surface area contributed by atoms with Crippen LogP contribution in [0.1, 0.15) is 65.7 Å². The molecular weight excluding hydrogens is 348 g/mol. The van der Waals surface area contributed by atoms with Crippen LogP contribution in [-0.4, -0.2) is 48.2 Å². The van der Waals surface area contributed by atoms with E-state index in [0.29, 0.717) is 31.2 Å². The number of aldehydes is 3. The minimum atomic E-state index is -0.937. The Balaban J connectivity index is 2.04. The van der Waals surface area contributed by atoms with E-state index >= 15 is 0 Å². The second kappa shape index (κ2) is 10.4. The number of benzene rings is 1. The first-order chi connectivity index (χ1) is 13.2. The Morgan fingerprint density at radius 3 is 2.37 bits per heavy atom. The lowest BCUT2D eigenvalue weighted by atomic mass is 10.1. The first kappa shape index (κ1) is 20.5. The summed E-state index contributed by atoms with van der Waals surface area (Å²) in [4.78, 5) is 58.5. The average molecular weight is 372 g/mol. The standard InChI is InChI=1S/C20H24N2O5/c23-12-5-3-1-2-4-11-21-17-10-6-9-16-18(17)20(27)22(19(16)26)15(14-25)8-7-13-24/h6,9-10,12-15,21H,1-5,7-8,11H2. The molecule has 7 nitrogen and oxygen atoms in total. The van der Waals surface area contributed by atoms with E-state index in [-0.39, 0.29) is 24.0 Å². The third kappa shape index (κ3) is 4.87. The smallest absolute Gasteiger partial charge is 0.264 e. The molecule has 0 fully saturated rings. The molecule has 144 valence electrons. The monoisotopic (exact) mass is 372 g/mol. The van der Waals surface area contributed by atoms with Crippen molar-refractivity contribution in [1.82, 2.24) is 4.90 Å². The van der Waals surface area contributed by atoms with Gasteiger partial charge in [-0.2, -0.15) is 0 Å². The highest BCUT2D eigenvalue weighted by molar-refractivity contribution is 6.24. The van der Waals surface area contributed by atoms with Crippen LogP contribution in [0.2, 0.25) is 0 Å². The van der Waals surface area contributed by atoms with Gasteiger partial charge >= 0.3 is 0 Å². The Labute approximate surface area is 158 Å². The summed E-state index contributed by atoms with van der Waals surface area (Å²) in [5.41, 5.74) is 1.12. The summed E-state index contributed by atoms with van der Waals surface area (Å²) in [7, 11) is 0. The number of amides is 2. The van der Waals surface area contributed by atoms with Gasteiger partial charge in [-0.1, -0.05) is 18.9 Å². The Hall–Kier alpha value is -2.83. The van der Waals surface area contributed by atoms with E-state index in [1.807, 2.05) is 0 Å². The van der Waals surface area contributed by atoms with E-state index < -0.39 is 17.9 Å². The Morgan fingerprint density at radius 1 is 0.926 bits per heavy atom. The first-order valence-corrected chi connectivity index (χ1v) is 9.23. The molecule has 1 aliphatic rings. The zero-order valence-corrected chi connectivity index (χ0v) is 15.2. The molecule has 0 aromatic heterocycles. The lowest BCUT2D eigenvalue weighted by molar-refractivity contribution is -0.112. The number of nitrogens with zero attached hydrogens (tertiary/aromatic N) is 1. The zero-order chi connectivity index (χ0) is 19.6. The summed E-state index contributed by atoms with van der Waals surface area (Å²) in [5, 5.41) is 3.19. The highest BCUT2D eigenvalue weighted by atomic mass is 16.2. The van der Waals surface area contributed by atoms with Crippen molar-refractivity contribution in [3.63, 3.8) is 0 Å². The van der Waals surface area contributed by atoms with Crippen molar-refractivity contribution in [1.29, 1.82) is 0 Å². The largest absolute Gasteiger partial charge is 0.384 e. The summed E-state index contributed by atoms with van der Waals surface area (Å²) in [6, 6.07) is 4.07. The molecule has 0 bridgehead atoms. The van der Waals surface area contributed by atoms with E-state index in [1.165, 1.54) is 0 Å². The molecule has 1 unspecified atom stereocenters. The molecule has 2 amide bonds. The van der Waals surface area contributed by atoms with Gasteiger partial charge < -0.3 is 19.7 Å². The van der Waals surface area contributed by atoms with Gasteiger partial charge in [0.15, 0.2) is 0 Å². The summed E-state index contributed by atoms with van der Waals surface area (Å²) in [6.07, 6.45) is 6.62. The van der Waals surface area contributed by atoms with Crippen LogP contribution < -0.4 is 5.32 Å². The van der Waals surface area contributed by atoms with E-state index in [1.54, 1.807) is 18.2 Å². The topological polar surface area (TPSA) is 101 Å². The van der Waals surface area contributed by atoms with E-state index in [0.717, 1.165) is 36.9 Å². The molecule has 0 aliphatic carbocycles. The Bertz CT molecular complexity index is 716. The fraction of sp³-hybridized carbons (Fsp3) is 0.450. The number of carbonyl (C=O) groups excluding carboxylic acids is 5. The van der Waals surface area contributed by atoms with Crippen molar-refractivity contribution in [2.24, 2.45) is 0 Å². The van der Waals surface area contributed by atoms with Crippen molar-refractivity contribution in [2.75, 3.05) is 11.9 Å². The number of anilines is 1. The molecular formula is C20H24N2O5. The average Bonchev–Trinajstić information content (AvgIpc) is 2.94. The van der Waals surface area contributed by atoms with Crippen LogP contribution in [-0.2, 0) is 14.4 Å². The number of unbranched alkanes of at least 4 members (excludes halogenated alkanes) is 4. The molecule has 0 saturated carbocycles. The van der Waals surface area contributed by atoms with Crippen LogP contribution in [0, 0.1) is 0 Å². The van der Waals surface area contributed by atoms with Gasteiger partial charge in [-0.25, -0.2) is 0 Å². The molecule has 0 radical (unpaired) electrons. The minimum absolute atomic E-state index is 0.103. The van der Waals surface area contributed by atoms with Crippen LogP contribution in [0.15, 0.2) is 18.2 Å². The predicted octanol–water partition coefficient (Wildman–Crippen LogP) is 2.39. The third-order valence-electron chi connectivity index (χ3n) is 4.58. The number of nitrogens with one attached hydrogen (secondary N) is 1. The fourth-order valence-corrected chi connectivity index (χ4v) is 3.18. The lowest BCUT2D eigenvalue weighted by Gasteiger charge is -2.20. The molecule has 1 heterocycles. The van der Waals surface area contributed by atoms with Gasteiger partial charge in [0.2, 0.25) is 0 Å². The number of fused-ring (bicyclic) bond motifs is 1. The highest BCUT2D eigenvalue weighted by Gasteiger charge is 2.41. The van der Waals surface area contributed by atoms with Gasteiger partial charge in [-0.05, 0) is 31.4 Å². The van der Waals surface area contributed by atoms with Gasteiger partial charge in [-0.3, -0.25) is 14.5 Å². The number of imide groups is 1. The molecule has 1 atom stereocenters. The summed E-state index contributed by atoms with van der Waals surface area (Å²) < 4.78 is 0. The second-order valence-corrected chi connectivity index (χ2v) is 6.45. The molecule has 1 N–H and O–H groups in total. The maximum Gasteiger partial charge on any atom is 0.264 e. The highest BCUT2D eigenvalue weighted by Crippen LogP contribution is 2.31. The van der Waals surface area contributed by atoms with Crippen LogP contribution >= 0.6 is 0 Å². The Kier molecular flexibility index (Phi) is 7.85. The number of hydrogen-bond acceptors (Lipinski definition) is 6. The molecule has 7 heteroatoms. The number of carbonyl (C=O) groups is 5. The van der Waals surface area contributed by atoms with Crippen molar-refractivity contribution in [3.05, 3.63) is 29.3 Å².